The van der Waals surface area contributed by atoms with E-state index in [0.717, 1.165) is 0 Å². The second-order valence-electron chi connectivity index (χ2n) is 5.81. The molecule has 0 saturated carbocycles. The number of anilines is 1. The molecule has 1 saturated heterocycles. The summed E-state index contributed by atoms with van der Waals surface area (Å²) in [5, 5.41) is 1.81. The molecule has 0 bridgehead atoms. The highest BCUT2D eigenvalue weighted by atomic mass is 35.5. The van der Waals surface area contributed by atoms with Gasteiger partial charge in [0.1, 0.15) is 5.38 Å². The van der Waals surface area contributed by atoms with Gasteiger partial charge in [-0.1, -0.05) is 36.4 Å². The topological polar surface area (TPSA) is 75.7 Å². The van der Waals surface area contributed by atoms with Gasteiger partial charge in [0.25, 0.3) is 0 Å². The first-order valence-corrected chi connectivity index (χ1v) is 10.0. The minimum absolute atomic E-state index is 0.128. The summed E-state index contributed by atoms with van der Waals surface area (Å²) in [5.74, 6) is -0.418. The van der Waals surface area contributed by atoms with E-state index in [2.05, 4.69) is 5.32 Å². The molecule has 0 unspecified atom stereocenters. The lowest BCUT2D eigenvalue weighted by molar-refractivity contribution is -0.116. The maximum atomic E-state index is 12.7. The Hall–Kier alpha value is -1.93. The van der Waals surface area contributed by atoms with E-state index < -0.39 is 21.3 Å². The number of rotatable bonds is 5. The van der Waals surface area contributed by atoms with Crippen LogP contribution in [0.25, 0.3) is 0 Å². The van der Waals surface area contributed by atoms with Gasteiger partial charge in [0.2, 0.25) is 15.9 Å². The standard InChI is InChI=1S/C18H19ClN2O4S/c19-17(14-5-2-1-3-6-14)18(22)20-15-7-4-8-16(13-15)26(23,24)21-9-11-25-12-10-21/h1-8,13,17H,9-12H2,(H,20,22)/t17-/m0/s1. The minimum Gasteiger partial charge on any atom is -0.379 e. The van der Waals surface area contributed by atoms with Crippen molar-refractivity contribution in [3.63, 3.8) is 0 Å². The molecule has 2 aromatic carbocycles. The zero-order valence-electron chi connectivity index (χ0n) is 14.0. The van der Waals surface area contributed by atoms with Crippen LogP contribution in [-0.2, 0) is 19.6 Å². The van der Waals surface area contributed by atoms with Crippen molar-refractivity contribution >= 4 is 33.2 Å². The normalized spacial score (nSPS) is 16.8. The highest BCUT2D eigenvalue weighted by molar-refractivity contribution is 7.89. The summed E-state index contributed by atoms with van der Waals surface area (Å²) in [6, 6.07) is 15.1. The van der Waals surface area contributed by atoms with Gasteiger partial charge in [-0.2, -0.15) is 4.31 Å². The number of hydrogen-bond acceptors (Lipinski definition) is 4. The minimum atomic E-state index is -3.62. The Labute approximate surface area is 157 Å². The zero-order chi connectivity index (χ0) is 18.6. The van der Waals surface area contributed by atoms with Gasteiger partial charge < -0.3 is 10.1 Å². The molecule has 1 aliphatic rings. The number of halogens is 1. The predicted molar refractivity (Wildman–Crippen MR) is 99.7 cm³/mol. The second kappa shape index (κ2) is 8.18. The van der Waals surface area contributed by atoms with Gasteiger partial charge >= 0.3 is 0 Å². The molecular formula is C18H19ClN2O4S. The SMILES string of the molecule is O=C(Nc1cccc(S(=O)(=O)N2CCOCC2)c1)[C@@H](Cl)c1ccccc1. The van der Waals surface area contributed by atoms with Gasteiger partial charge in [-0.15, -0.1) is 11.6 Å². The lowest BCUT2D eigenvalue weighted by Crippen LogP contribution is -2.40. The predicted octanol–water partition coefficient (Wildman–Crippen LogP) is 2.63. The van der Waals surface area contributed by atoms with Crippen LogP contribution in [0.3, 0.4) is 0 Å². The molecule has 0 aliphatic carbocycles. The van der Waals surface area contributed by atoms with E-state index in [1.54, 1.807) is 36.4 Å². The number of ether oxygens (including phenoxy) is 1. The summed E-state index contributed by atoms with van der Waals surface area (Å²) >= 11 is 6.21. The first-order chi connectivity index (χ1) is 12.5. The van der Waals surface area contributed by atoms with Crippen LogP contribution in [0.4, 0.5) is 5.69 Å². The summed E-state index contributed by atoms with van der Waals surface area (Å²) < 4.78 is 32.0. The van der Waals surface area contributed by atoms with Crippen LogP contribution in [0, 0.1) is 0 Å². The number of alkyl halides is 1. The summed E-state index contributed by atoms with van der Waals surface area (Å²) in [6.45, 7) is 1.38. The number of hydrogen-bond donors (Lipinski definition) is 1. The Morgan fingerprint density at radius 2 is 1.77 bits per heavy atom. The summed E-state index contributed by atoms with van der Waals surface area (Å²) in [6.07, 6.45) is 0. The smallest absolute Gasteiger partial charge is 0.246 e. The maximum Gasteiger partial charge on any atom is 0.246 e. The van der Waals surface area contributed by atoms with Crippen molar-refractivity contribution in [2.45, 2.75) is 10.3 Å². The van der Waals surface area contributed by atoms with Crippen molar-refractivity contribution in [2.75, 3.05) is 31.6 Å². The van der Waals surface area contributed by atoms with E-state index in [0.29, 0.717) is 37.6 Å². The van der Waals surface area contributed by atoms with Crippen molar-refractivity contribution in [2.24, 2.45) is 0 Å². The summed E-state index contributed by atoms with van der Waals surface area (Å²) in [7, 11) is -3.62. The van der Waals surface area contributed by atoms with E-state index in [-0.39, 0.29) is 4.90 Å². The van der Waals surface area contributed by atoms with E-state index >= 15 is 0 Å². The fraction of sp³-hybridized carbons (Fsp3) is 0.278. The van der Waals surface area contributed by atoms with Crippen LogP contribution in [0.1, 0.15) is 10.9 Å². The van der Waals surface area contributed by atoms with E-state index in [4.69, 9.17) is 16.3 Å². The Morgan fingerprint density at radius 3 is 2.46 bits per heavy atom. The molecule has 2 aromatic rings. The summed E-state index contributed by atoms with van der Waals surface area (Å²) in [5.41, 5.74) is 1.05. The lowest BCUT2D eigenvalue weighted by atomic mass is 10.1. The van der Waals surface area contributed by atoms with Gasteiger partial charge in [0, 0.05) is 18.8 Å². The molecule has 8 heteroatoms. The largest absolute Gasteiger partial charge is 0.379 e. The molecule has 1 amide bonds. The van der Waals surface area contributed by atoms with Crippen molar-refractivity contribution in [1.82, 2.24) is 4.31 Å². The highest BCUT2D eigenvalue weighted by Crippen LogP contribution is 2.24. The van der Waals surface area contributed by atoms with Crippen LogP contribution in [0.5, 0.6) is 0 Å². The van der Waals surface area contributed by atoms with Crippen molar-refractivity contribution in [1.29, 1.82) is 0 Å². The fourth-order valence-electron chi connectivity index (χ4n) is 2.65. The van der Waals surface area contributed by atoms with Crippen LogP contribution in [0.15, 0.2) is 59.5 Å². The third-order valence-corrected chi connectivity index (χ3v) is 6.38. The van der Waals surface area contributed by atoms with Crippen LogP contribution in [-0.4, -0.2) is 44.9 Å². The molecular weight excluding hydrogens is 376 g/mol. The average molecular weight is 395 g/mol. The molecule has 1 N–H and O–H groups in total. The first kappa shape index (κ1) is 18.8. The van der Waals surface area contributed by atoms with Crippen LogP contribution < -0.4 is 5.32 Å². The monoisotopic (exact) mass is 394 g/mol. The van der Waals surface area contributed by atoms with E-state index in [1.807, 2.05) is 6.07 Å². The molecule has 3 rings (SSSR count). The molecule has 1 aliphatic heterocycles. The lowest BCUT2D eigenvalue weighted by Gasteiger charge is -2.26. The molecule has 0 aromatic heterocycles. The Morgan fingerprint density at radius 1 is 1.08 bits per heavy atom. The number of amides is 1. The highest BCUT2D eigenvalue weighted by Gasteiger charge is 2.26. The zero-order valence-corrected chi connectivity index (χ0v) is 15.5. The number of nitrogens with one attached hydrogen (secondary N) is 1. The quantitative estimate of drug-likeness (QED) is 0.791. The molecule has 1 heterocycles. The van der Waals surface area contributed by atoms with E-state index in [9.17, 15) is 13.2 Å². The Bertz CT molecular complexity index is 868. The fourth-order valence-corrected chi connectivity index (χ4v) is 4.30. The summed E-state index contributed by atoms with van der Waals surface area (Å²) in [4.78, 5) is 12.5. The number of carbonyl (C=O) groups is 1. The molecule has 138 valence electrons. The number of sulfonamides is 1. The number of morpholine rings is 1. The third-order valence-electron chi connectivity index (χ3n) is 4.03. The van der Waals surface area contributed by atoms with E-state index in [1.165, 1.54) is 16.4 Å². The van der Waals surface area contributed by atoms with Crippen molar-refractivity contribution in [3.05, 3.63) is 60.2 Å². The maximum absolute atomic E-state index is 12.7. The number of carbonyl (C=O) groups excluding carboxylic acids is 1. The van der Waals surface area contributed by atoms with Crippen molar-refractivity contribution in [3.8, 4) is 0 Å². The molecule has 6 nitrogen and oxygen atoms in total. The average Bonchev–Trinajstić information content (AvgIpc) is 2.69. The second-order valence-corrected chi connectivity index (χ2v) is 8.18. The molecule has 26 heavy (non-hydrogen) atoms. The van der Waals surface area contributed by atoms with Crippen LogP contribution in [0.2, 0.25) is 0 Å². The number of benzene rings is 2. The molecule has 1 atom stereocenters. The van der Waals surface area contributed by atoms with Crippen LogP contribution >= 0.6 is 11.6 Å². The van der Waals surface area contributed by atoms with Crippen molar-refractivity contribution < 1.29 is 17.9 Å². The molecule has 1 fully saturated rings. The Balaban J connectivity index is 1.76. The van der Waals surface area contributed by atoms with Gasteiger partial charge in [0.05, 0.1) is 18.1 Å². The van der Waals surface area contributed by atoms with Gasteiger partial charge in [-0.3, -0.25) is 4.79 Å². The molecule has 0 spiro atoms. The Kier molecular flexibility index (Phi) is 5.93. The molecule has 0 radical (unpaired) electrons. The third kappa shape index (κ3) is 4.24. The van der Waals surface area contributed by atoms with Gasteiger partial charge in [-0.25, -0.2) is 8.42 Å². The van der Waals surface area contributed by atoms with Gasteiger partial charge in [0.15, 0.2) is 0 Å². The number of nitrogens with zero attached hydrogens (tertiary/aromatic N) is 1. The van der Waals surface area contributed by atoms with Gasteiger partial charge in [-0.05, 0) is 23.8 Å². The first-order valence-electron chi connectivity index (χ1n) is 8.16.